The quantitative estimate of drug-likeness (QED) is 0.558. The first kappa shape index (κ1) is 23.8. The van der Waals surface area contributed by atoms with Gasteiger partial charge in [0.15, 0.2) is 11.5 Å². The van der Waals surface area contributed by atoms with Gasteiger partial charge in [-0.2, -0.15) is 5.26 Å². The molecule has 0 radical (unpaired) electrons. The van der Waals surface area contributed by atoms with Crippen LogP contribution in [-0.2, 0) is 28.9 Å². The Hall–Kier alpha value is -3.39. The topological polar surface area (TPSA) is 101 Å². The predicted molar refractivity (Wildman–Crippen MR) is 119 cm³/mol. The van der Waals surface area contributed by atoms with Gasteiger partial charge in [-0.15, -0.1) is 20.1 Å². The van der Waals surface area contributed by atoms with Crippen LogP contribution in [0.2, 0.25) is 0 Å². The monoisotopic (exact) mass is 491 g/mol. The maximum atomic E-state index is 13.4. The van der Waals surface area contributed by atoms with Gasteiger partial charge in [0.2, 0.25) is 5.91 Å². The number of nitriles is 1. The van der Waals surface area contributed by atoms with Crippen molar-refractivity contribution in [1.29, 1.82) is 5.26 Å². The van der Waals surface area contributed by atoms with Gasteiger partial charge in [0.25, 0.3) is 0 Å². The fraction of sp³-hybridized carbons (Fsp3) is 0.435. The van der Waals surface area contributed by atoms with Gasteiger partial charge in [0, 0.05) is 17.8 Å². The van der Waals surface area contributed by atoms with Crippen molar-refractivity contribution in [2.45, 2.75) is 51.9 Å². The summed E-state index contributed by atoms with van der Waals surface area (Å²) < 4.78 is 41.0. The van der Waals surface area contributed by atoms with Crippen molar-refractivity contribution in [3.63, 3.8) is 0 Å². The number of ether oxygens (including phenoxy) is 3. The van der Waals surface area contributed by atoms with Gasteiger partial charge in [-0.3, -0.25) is 4.79 Å². The van der Waals surface area contributed by atoms with E-state index in [1.54, 1.807) is 17.0 Å². The molecule has 3 heterocycles. The molecule has 180 valence electrons. The van der Waals surface area contributed by atoms with Crippen molar-refractivity contribution in [1.82, 2.24) is 4.90 Å². The highest BCUT2D eigenvalue weighted by Gasteiger charge is 2.44. The Balaban J connectivity index is 1.39. The normalized spacial score (nSPS) is 15.4. The van der Waals surface area contributed by atoms with E-state index in [0.29, 0.717) is 42.2 Å². The number of amides is 2. The van der Waals surface area contributed by atoms with Crippen LogP contribution in [-0.4, -0.2) is 36.3 Å². The summed E-state index contributed by atoms with van der Waals surface area (Å²) in [5.41, 5.74) is 1.64. The van der Waals surface area contributed by atoms with Crippen LogP contribution < -0.4 is 14.8 Å². The number of carbonyl (C=O) groups is 2. The van der Waals surface area contributed by atoms with Crippen LogP contribution in [0, 0.1) is 11.3 Å². The molecule has 1 N–H and O–H groups in total. The van der Waals surface area contributed by atoms with Gasteiger partial charge < -0.3 is 24.4 Å². The summed E-state index contributed by atoms with van der Waals surface area (Å²) in [6.07, 6.45) is -1.75. The molecule has 0 saturated heterocycles. The number of rotatable bonds is 7. The van der Waals surface area contributed by atoms with Crippen molar-refractivity contribution in [2.75, 3.05) is 18.5 Å². The molecule has 2 aliphatic rings. The van der Waals surface area contributed by atoms with E-state index in [1.807, 2.05) is 6.92 Å². The predicted octanol–water partition coefficient (Wildman–Crippen LogP) is 4.81. The van der Waals surface area contributed by atoms with Crippen molar-refractivity contribution in [2.24, 2.45) is 0 Å². The van der Waals surface area contributed by atoms with Gasteiger partial charge in [-0.05, 0) is 36.5 Å². The van der Waals surface area contributed by atoms with Crippen LogP contribution in [0.1, 0.15) is 47.8 Å². The summed E-state index contributed by atoms with van der Waals surface area (Å²) in [7, 11) is 0. The molecule has 11 heteroatoms. The van der Waals surface area contributed by atoms with E-state index >= 15 is 0 Å². The number of aryl methyl sites for hydroxylation is 1. The third kappa shape index (κ3) is 5.07. The maximum Gasteiger partial charge on any atom is 0.586 e. The molecule has 2 aliphatic heterocycles. The summed E-state index contributed by atoms with van der Waals surface area (Å²) in [5, 5.41) is 12.8. The van der Waals surface area contributed by atoms with Gasteiger partial charge in [0.1, 0.15) is 11.1 Å². The number of thiophene rings is 1. The second-order valence-electron chi connectivity index (χ2n) is 7.92. The molecule has 0 fully saturated rings. The standard InChI is InChI=1S/C23H23F2N3O5S/c1-2-3-11-31-22(30)28-10-9-15-16(12-26)21(34-18(15)13-28)27-19(29)8-7-14-5-4-6-17-20(14)33-23(24,25)32-17/h4-6H,2-3,7-11,13H2,1H3,(H,27,29). The van der Waals surface area contributed by atoms with E-state index in [4.69, 9.17) is 4.74 Å². The fourth-order valence-corrected chi connectivity index (χ4v) is 5.05. The smallest absolute Gasteiger partial charge is 0.449 e. The Kier molecular flexibility index (Phi) is 6.88. The lowest BCUT2D eigenvalue weighted by Gasteiger charge is -2.26. The summed E-state index contributed by atoms with van der Waals surface area (Å²) in [4.78, 5) is 27.3. The van der Waals surface area contributed by atoms with Gasteiger partial charge in [-0.25, -0.2) is 4.79 Å². The number of nitrogens with zero attached hydrogens (tertiary/aromatic N) is 2. The minimum absolute atomic E-state index is 0.00526. The molecule has 4 rings (SSSR count). The second kappa shape index (κ2) is 9.85. The Morgan fingerprint density at radius 2 is 2.18 bits per heavy atom. The average Bonchev–Trinajstić information content (AvgIpc) is 3.31. The number of para-hydroxylation sites is 1. The zero-order chi connectivity index (χ0) is 24.3. The first-order valence-corrected chi connectivity index (χ1v) is 11.8. The minimum Gasteiger partial charge on any atom is -0.449 e. The number of alkyl halides is 2. The minimum atomic E-state index is -3.73. The Morgan fingerprint density at radius 3 is 2.94 bits per heavy atom. The van der Waals surface area contributed by atoms with Crippen LogP contribution in [0.4, 0.5) is 18.6 Å². The Bertz CT molecular complexity index is 1140. The van der Waals surface area contributed by atoms with E-state index < -0.39 is 6.29 Å². The third-order valence-corrected chi connectivity index (χ3v) is 6.67. The summed E-state index contributed by atoms with van der Waals surface area (Å²) in [5.74, 6) is -0.511. The molecule has 0 aliphatic carbocycles. The molecule has 2 amide bonds. The van der Waals surface area contributed by atoms with Crippen LogP contribution in [0.5, 0.6) is 11.5 Å². The molecule has 34 heavy (non-hydrogen) atoms. The highest BCUT2D eigenvalue weighted by atomic mass is 32.1. The van der Waals surface area contributed by atoms with Crippen LogP contribution in [0.3, 0.4) is 0 Å². The number of anilines is 1. The summed E-state index contributed by atoms with van der Waals surface area (Å²) >= 11 is 1.26. The third-order valence-electron chi connectivity index (χ3n) is 5.53. The van der Waals surface area contributed by atoms with Crippen molar-refractivity contribution < 1.29 is 32.6 Å². The number of unbranched alkanes of at least 4 members (excludes halogenated alkanes) is 1. The number of nitrogens with one attached hydrogen (secondary N) is 1. The van der Waals surface area contributed by atoms with E-state index in [-0.39, 0.29) is 36.3 Å². The highest BCUT2D eigenvalue weighted by Crippen LogP contribution is 2.43. The second-order valence-corrected chi connectivity index (χ2v) is 9.02. The molecule has 0 bridgehead atoms. The number of benzene rings is 1. The fourth-order valence-electron chi connectivity index (χ4n) is 3.82. The number of fused-ring (bicyclic) bond motifs is 2. The molecule has 2 aromatic rings. The lowest BCUT2D eigenvalue weighted by atomic mass is 10.0. The summed E-state index contributed by atoms with van der Waals surface area (Å²) in [6, 6.07) is 6.67. The van der Waals surface area contributed by atoms with Crippen LogP contribution >= 0.6 is 11.3 Å². The lowest BCUT2D eigenvalue weighted by Crippen LogP contribution is -2.36. The van der Waals surface area contributed by atoms with Gasteiger partial charge >= 0.3 is 12.4 Å². The molecule has 8 nitrogen and oxygen atoms in total. The first-order chi connectivity index (χ1) is 16.3. The average molecular weight is 492 g/mol. The van der Waals surface area contributed by atoms with E-state index in [1.165, 1.54) is 17.4 Å². The molecule has 1 aromatic heterocycles. The molecule has 0 unspecified atom stereocenters. The SMILES string of the molecule is CCCCOC(=O)N1CCc2c(sc(NC(=O)CCc3cccc4c3OC(F)(F)O4)c2C#N)C1. The number of hydrogen-bond acceptors (Lipinski definition) is 7. The van der Waals surface area contributed by atoms with Crippen LogP contribution in [0.25, 0.3) is 0 Å². The highest BCUT2D eigenvalue weighted by molar-refractivity contribution is 7.16. The first-order valence-electron chi connectivity index (χ1n) is 10.9. The van der Waals surface area contributed by atoms with E-state index in [2.05, 4.69) is 20.9 Å². The van der Waals surface area contributed by atoms with Gasteiger partial charge in [-0.1, -0.05) is 25.5 Å². The summed E-state index contributed by atoms with van der Waals surface area (Å²) in [6.45, 7) is 3.13. The molecular formula is C23H23F2N3O5S. The molecule has 0 saturated carbocycles. The molecule has 0 spiro atoms. The maximum absolute atomic E-state index is 13.4. The number of hydrogen-bond donors (Lipinski definition) is 1. The number of carbonyl (C=O) groups excluding carboxylic acids is 2. The largest absolute Gasteiger partial charge is 0.586 e. The van der Waals surface area contributed by atoms with Gasteiger partial charge in [0.05, 0.1) is 18.7 Å². The molecule has 0 atom stereocenters. The zero-order valence-electron chi connectivity index (χ0n) is 18.5. The van der Waals surface area contributed by atoms with Crippen molar-refractivity contribution in [3.05, 3.63) is 39.8 Å². The lowest BCUT2D eigenvalue weighted by molar-refractivity contribution is -0.286. The van der Waals surface area contributed by atoms with E-state index in [9.17, 15) is 23.6 Å². The van der Waals surface area contributed by atoms with Crippen molar-refractivity contribution in [3.8, 4) is 17.6 Å². The number of halogens is 2. The van der Waals surface area contributed by atoms with E-state index in [0.717, 1.165) is 23.3 Å². The Morgan fingerprint density at radius 1 is 1.35 bits per heavy atom. The Labute approximate surface area is 199 Å². The van der Waals surface area contributed by atoms with Crippen LogP contribution in [0.15, 0.2) is 18.2 Å². The molecule has 1 aromatic carbocycles. The molecular weight excluding hydrogens is 468 g/mol. The zero-order valence-corrected chi connectivity index (χ0v) is 19.3. The van der Waals surface area contributed by atoms with Crippen molar-refractivity contribution >= 4 is 28.3 Å².